The van der Waals surface area contributed by atoms with Crippen LogP contribution in [0.4, 0.5) is 0 Å². The first-order valence-electron chi connectivity index (χ1n) is 10.6. The van der Waals surface area contributed by atoms with Crippen LogP contribution in [0.25, 0.3) is 0 Å². The molecule has 0 fully saturated rings. The highest BCUT2D eigenvalue weighted by molar-refractivity contribution is 7.89. The molecule has 1 N–H and O–H groups in total. The molecule has 10 heteroatoms. The van der Waals surface area contributed by atoms with Crippen LogP contribution >= 0.6 is 0 Å². The molecule has 0 atom stereocenters. The average Bonchev–Trinajstić information content (AvgIpc) is 2.87. The number of benzene rings is 3. The number of hydrogen-bond acceptors (Lipinski definition) is 7. The predicted molar refractivity (Wildman–Crippen MR) is 132 cm³/mol. The lowest BCUT2D eigenvalue weighted by Crippen LogP contribution is -2.36. The molecule has 3 aromatic carbocycles. The zero-order valence-corrected chi connectivity index (χ0v) is 20.5. The molecule has 9 nitrogen and oxygen atoms in total. The molecule has 35 heavy (non-hydrogen) atoms. The number of nitrogens with zero attached hydrogens (tertiary/aromatic N) is 2. The Balaban J connectivity index is 1.56. The van der Waals surface area contributed by atoms with Crippen LogP contribution in [0.1, 0.15) is 11.1 Å². The summed E-state index contributed by atoms with van der Waals surface area (Å²) in [7, 11) is 0.240. The van der Waals surface area contributed by atoms with Gasteiger partial charge in [0.05, 0.1) is 31.9 Å². The number of rotatable bonds is 11. The van der Waals surface area contributed by atoms with Gasteiger partial charge in [-0.1, -0.05) is 42.5 Å². The van der Waals surface area contributed by atoms with E-state index in [0.29, 0.717) is 23.7 Å². The lowest BCUT2D eigenvalue weighted by Gasteiger charge is -2.17. The number of methoxy groups -OCH3 is 2. The van der Waals surface area contributed by atoms with Crippen molar-refractivity contribution < 1.29 is 27.4 Å². The fourth-order valence-electron chi connectivity index (χ4n) is 3.08. The normalized spacial score (nSPS) is 11.4. The van der Waals surface area contributed by atoms with E-state index in [9.17, 15) is 13.2 Å². The number of carbonyl (C=O) groups is 1. The molecule has 0 radical (unpaired) electrons. The molecular formula is C25H27N3O6S. The second kappa shape index (κ2) is 12.0. The maximum absolute atomic E-state index is 12.8. The standard InChI is InChI=1S/C25H27N3O6S/c1-28(35(30,31)22-12-13-23(32-2)24(15-22)33-3)17-25(29)27-26-16-20-10-7-11-21(14-20)34-18-19-8-5-4-6-9-19/h4-16H,17-18H2,1-3H3,(H,27,29)/b26-16-. The van der Waals surface area contributed by atoms with Gasteiger partial charge in [0.15, 0.2) is 11.5 Å². The second-order valence-electron chi connectivity index (χ2n) is 7.42. The van der Waals surface area contributed by atoms with Gasteiger partial charge < -0.3 is 14.2 Å². The van der Waals surface area contributed by atoms with E-state index < -0.39 is 22.5 Å². The number of sulfonamides is 1. The molecule has 0 aliphatic heterocycles. The van der Waals surface area contributed by atoms with Crippen LogP contribution < -0.4 is 19.6 Å². The Morgan fingerprint density at radius 2 is 1.71 bits per heavy atom. The summed E-state index contributed by atoms with van der Waals surface area (Å²) < 4.78 is 42.7. The van der Waals surface area contributed by atoms with Gasteiger partial charge in [-0.05, 0) is 35.4 Å². The molecule has 184 valence electrons. The average molecular weight is 498 g/mol. The highest BCUT2D eigenvalue weighted by Crippen LogP contribution is 2.30. The van der Waals surface area contributed by atoms with Gasteiger partial charge in [0, 0.05) is 13.1 Å². The molecule has 0 aliphatic rings. The Morgan fingerprint density at radius 1 is 0.971 bits per heavy atom. The van der Waals surface area contributed by atoms with E-state index in [2.05, 4.69) is 10.5 Å². The van der Waals surface area contributed by atoms with Gasteiger partial charge in [-0.25, -0.2) is 13.8 Å². The van der Waals surface area contributed by atoms with Crippen molar-refractivity contribution in [3.8, 4) is 17.2 Å². The minimum absolute atomic E-state index is 0.0266. The zero-order valence-electron chi connectivity index (χ0n) is 19.7. The number of nitrogens with one attached hydrogen (secondary N) is 1. The van der Waals surface area contributed by atoms with Crippen LogP contribution in [0, 0.1) is 0 Å². The van der Waals surface area contributed by atoms with Gasteiger partial charge in [-0.3, -0.25) is 4.79 Å². The minimum atomic E-state index is -3.94. The SMILES string of the molecule is COc1ccc(S(=O)(=O)N(C)CC(=O)N/N=C\c2cccc(OCc3ccccc3)c2)cc1OC. The van der Waals surface area contributed by atoms with E-state index in [1.807, 2.05) is 42.5 Å². The second-order valence-corrected chi connectivity index (χ2v) is 9.46. The Labute approximate surface area is 205 Å². The van der Waals surface area contributed by atoms with Crippen LogP contribution in [0.15, 0.2) is 82.8 Å². The van der Waals surface area contributed by atoms with Crippen LogP contribution in [0.5, 0.6) is 17.2 Å². The van der Waals surface area contributed by atoms with Gasteiger partial charge in [0.2, 0.25) is 10.0 Å². The first-order chi connectivity index (χ1) is 16.8. The Kier molecular flexibility index (Phi) is 8.82. The number of hydrazone groups is 1. The summed E-state index contributed by atoms with van der Waals surface area (Å²) in [6.07, 6.45) is 1.45. The van der Waals surface area contributed by atoms with Crippen molar-refractivity contribution in [2.45, 2.75) is 11.5 Å². The van der Waals surface area contributed by atoms with E-state index >= 15 is 0 Å². The van der Waals surface area contributed by atoms with Gasteiger partial charge in [0.1, 0.15) is 12.4 Å². The first-order valence-corrected chi connectivity index (χ1v) is 12.0. The number of carbonyl (C=O) groups excluding carboxylic acids is 1. The molecule has 3 aromatic rings. The lowest BCUT2D eigenvalue weighted by molar-refractivity contribution is -0.121. The lowest BCUT2D eigenvalue weighted by atomic mass is 10.2. The Hall–Kier alpha value is -3.89. The highest BCUT2D eigenvalue weighted by atomic mass is 32.2. The van der Waals surface area contributed by atoms with E-state index in [0.717, 1.165) is 9.87 Å². The molecule has 0 spiro atoms. The van der Waals surface area contributed by atoms with Gasteiger partial charge in [0.25, 0.3) is 5.91 Å². The summed E-state index contributed by atoms with van der Waals surface area (Å²) in [5.74, 6) is 0.732. The van der Waals surface area contributed by atoms with Crippen LogP contribution in [0.3, 0.4) is 0 Å². The van der Waals surface area contributed by atoms with E-state index in [1.165, 1.54) is 45.7 Å². The number of amides is 1. The largest absolute Gasteiger partial charge is 0.493 e. The van der Waals surface area contributed by atoms with Crippen molar-refractivity contribution in [1.29, 1.82) is 0 Å². The smallest absolute Gasteiger partial charge is 0.255 e. The maximum atomic E-state index is 12.8. The topological polar surface area (TPSA) is 107 Å². The fourth-order valence-corrected chi connectivity index (χ4v) is 4.23. The molecule has 0 bridgehead atoms. The van der Waals surface area contributed by atoms with Crippen molar-refractivity contribution in [2.75, 3.05) is 27.8 Å². The third-order valence-electron chi connectivity index (χ3n) is 4.94. The molecule has 1 amide bonds. The molecule has 0 heterocycles. The van der Waals surface area contributed by atoms with Crippen molar-refractivity contribution >= 4 is 22.1 Å². The van der Waals surface area contributed by atoms with Gasteiger partial charge in [-0.2, -0.15) is 9.41 Å². The minimum Gasteiger partial charge on any atom is -0.493 e. The van der Waals surface area contributed by atoms with Crippen LogP contribution in [0.2, 0.25) is 0 Å². The van der Waals surface area contributed by atoms with Gasteiger partial charge in [-0.15, -0.1) is 0 Å². The van der Waals surface area contributed by atoms with Crippen molar-refractivity contribution in [3.05, 3.63) is 83.9 Å². The molecule has 0 unspecified atom stereocenters. The highest BCUT2D eigenvalue weighted by Gasteiger charge is 2.24. The monoisotopic (exact) mass is 497 g/mol. The number of likely N-dealkylation sites (N-methyl/N-ethyl adjacent to an activating group) is 1. The van der Waals surface area contributed by atoms with Crippen molar-refractivity contribution in [2.24, 2.45) is 5.10 Å². The van der Waals surface area contributed by atoms with E-state index in [4.69, 9.17) is 14.2 Å². The molecule has 0 saturated heterocycles. The third-order valence-corrected chi connectivity index (χ3v) is 6.74. The first kappa shape index (κ1) is 25.7. The third kappa shape index (κ3) is 7.05. The Morgan fingerprint density at radius 3 is 2.43 bits per heavy atom. The van der Waals surface area contributed by atoms with E-state index in [-0.39, 0.29) is 10.6 Å². The summed E-state index contributed by atoms with van der Waals surface area (Å²) in [6, 6.07) is 21.2. The number of ether oxygens (including phenoxy) is 3. The predicted octanol–water partition coefficient (Wildman–Crippen LogP) is 3.05. The van der Waals surface area contributed by atoms with Gasteiger partial charge >= 0.3 is 0 Å². The van der Waals surface area contributed by atoms with E-state index in [1.54, 1.807) is 12.1 Å². The number of hydrogen-bond donors (Lipinski definition) is 1. The molecular weight excluding hydrogens is 470 g/mol. The quantitative estimate of drug-likeness (QED) is 0.322. The fraction of sp³-hybridized carbons (Fsp3) is 0.200. The van der Waals surface area contributed by atoms with Crippen LogP contribution in [-0.2, 0) is 21.4 Å². The van der Waals surface area contributed by atoms with Crippen molar-refractivity contribution in [3.63, 3.8) is 0 Å². The molecule has 3 rings (SSSR count). The molecule has 0 saturated carbocycles. The summed E-state index contributed by atoms with van der Waals surface area (Å²) in [6.45, 7) is 0.00724. The summed E-state index contributed by atoms with van der Waals surface area (Å²) in [4.78, 5) is 12.2. The summed E-state index contributed by atoms with van der Waals surface area (Å²) >= 11 is 0. The molecule has 0 aliphatic carbocycles. The molecule has 0 aromatic heterocycles. The Bertz CT molecular complexity index is 1280. The zero-order chi connectivity index (χ0) is 25.3. The maximum Gasteiger partial charge on any atom is 0.255 e. The van der Waals surface area contributed by atoms with Crippen molar-refractivity contribution in [1.82, 2.24) is 9.73 Å². The summed E-state index contributed by atoms with van der Waals surface area (Å²) in [5, 5.41) is 3.92. The summed E-state index contributed by atoms with van der Waals surface area (Å²) in [5.41, 5.74) is 4.10. The van der Waals surface area contributed by atoms with Crippen LogP contribution in [-0.4, -0.2) is 52.7 Å².